The fourth-order valence-electron chi connectivity index (χ4n) is 3.79. The quantitative estimate of drug-likeness (QED) is 0.754. The highest BCUT2D eigenvalue weighted by Gasteiger charge is 2.30. The van der Waals surface area contributed by atoms with E-state index in [0.717, 1.165) is 13.1 Å². The van der Waals surface area contributed by atoms with Gasteiger partial charge in [0.15, 0.2) is 5.82 Å². The van der Waals surface area contributed by atoms with Crippen molar-refractivity contribution in [3.63, 3.8) is 0 Å². The van der Waals surface area contributed by atoms with Crippen molar-refractivity contribution in [2.75, 3.05) is 36.5 Å². The van der Waals surface area contributed by atoms with Crippen LogP contribution in [-0.2, 0) is 9.47 Å². The predicted octanol–water partition coefficient (Wildman–Crippen LogP) is 2.37. The van der Waals surface area contributed by atoms with Crippen LogP contribution in [0.1, 0.15) is 39.5 Å². The third kappa shape index (κ3) is 4.73. The topological polar surface area (TPSA) is 118 Å². The SMILES string of the molecule is CCOC(=O)N=c1nc(N2CC3CCC(CC3)C2)cc(NC(=O)OCC)n1O. The summed E-state index contributed by atoms with van der Waals surface area (Å²) in [7, 11) is 0. The number of nitrogens with zero attached hydrogens (tertiary/aromatic N) is 4. The largest absolute Gasteiger partial charge is 0.450 e. The molecular weight excluding hydrogens is 366 g/mol. The van der Waals surface area contributed by atoms with Gasteiger partial charge >= 0.3 is 12.2 Å². The molecule has 0 atom stereocenters. The van der Waals surface area contributed by atoms with E-state index >= 15 is 0 Å². The smallest absolute Gasteiger partial charge is 0.437 e. The van der Waals surface area contributed by atoms with Crippen molar-refractivity contribution in [2.24, 2.45) is 16.8 Å². The Morgan fingerprint density at radius 1 is 1.18 bits per heavy atom. The lowest BCUT2D eigenvalue weighted by Crippen LogP contribution is -2.35. The van der Waals surface area contributed by atoms with Crippen molar-refractivity contribution >= 4 is 23.8 Å². The number of nitrogens with one attached hydrogen (secondary N) is 1. The fourth-order valence-corrected chi connectivity index (χ4v) is 3.79. The molecule has 2 N–H and O–H groups in total. The van der Waals surface area contributed by atoms with Crippen molar-refractivity contribution in [3.05, 3.63) is 11.7 Å². The number of carbonyl (C=O) groups excluding carboxylic acids is 2. The molecule has 10 nitrogen and oxygen atoms in total. The maximum atomic E-state index is 11.8. The van der Waals surface area contributed by atoms with Crippen LogP contribution in [0, 0.1) is 11.8 Å². The third-order valence-electron chi connectivity index (χ3n) is 5.11. The molecule has 0 aromatic carbocycles. The van der Waals surface area contributed by atoms with Gasteiger partial charge in [0, 0.05) is 19.2 Å². The molecule has 0 radical (unpaired) electrons. The minimum atomic E-state index is -0.868. The summed E-state index contributed by atoms with van der Waals surface area (Å²) in [5, 5.41) is 12.8. The fraction of sp³-hybridized carbons (Fsp3) is 0.667. The zero-order chi connectivity index (χ0) is 20.1. The van der Waals surface area contributed by atoms with Gasteiger partial charge in [0.2, 0.25) is 0 Å². The summed E-state index contributed by atoms with van der Waals surface area (Å²) in [5.41, 5.74) is -0.264. The second kappa shape index (κ2) is 8.94. The van der Waals surface area contributed by atoms with Crippen LogP contribution in [0.2, 0.25) is 0 Å². The van der Waals surface area contributed by atoms with Crippen LogP contribution in [0.5, 0.6) is 0 Å². The molecule has 0 unspecified atom stereocenters. The van der Waals surface area contributed by atoms with Crippen LogP contribution in [-0.4, -0.2) is 53.4 Å². The van der Waals surface area contributed by atoms with Gasteiger partial charge in [-0.15, -0.1) is 9.72 Å². The number of carbonyl (C=O) groups is 2. The molecule has 1 aromatic heterocycles. The van der Waals surface area contributed by atoms with E-state index < -0.39 is 12.2 Å². The number of aromatic nitrogens is 2. The molecule has 4 rings (SSSR count). The molecular formula is C18H27N5O5. The lowest BCUT2D eigenvalue weighted by atomic mass is 9.84. The first-order chi connectivity index (χ1) is 13.5. The van der Waals surface area contributed by atoms with Gasteiger partial charge in [0.25, 0.3) is 5.62 Å². The molecule has 1 aliphatic carbocycles. The summed E-state index contributed by atoms with van der Waals surface area (Å²) < 4.78 is 10.2. The summed E-state index contributed by atoms with van der Waals surface area (Å²) in [6.07, 6.45) is 3.20. The second-order valence-electron chi connectivity index (χ2n) is 7.06. The lowest BCUT2D eigenvalue weighted by Gasteiger charge is -2.24. The van der Waals surface area contributed by atoms with Crippen molar-refractivity contribution in [1.82, 2.24) is 9.71 Å². The van der Waals surface area contributed by atoms with Crippen LogP contribution < -0.4 is 15.8 Å². The van der Waals surface area contributed by atoms with Gasteiger partial charge in [-0.2, -0.15) is 4.98 Å². The normalized spacial score (nSPS) is 21.9. The predicted molar refractivity (Wildman–Crippen MR) is 100 cm³/mol. The molecule has 154 valence electrons. The summed E-state index contributed by atoms with van der Waals surface area (Å²) in [5.74, 6) is 1.74. The number of hydrogen-bond acceptors (Lipinski definition) is 7. The number of anilines is 2. The van der Waals surface area contributed by atoms with Crippen molar-refractivity contribution in [2.45, 2.75) is 39.5 Å². The number of amides is 2. The zero-order valence-corrected chi connectivity index (χ0v) is 16.3. The number of rotatable bonds is 4. The van der Waals surface area contributed by atoms with Gasteiger partial charge in [0.05, 0.1) is 13.2 Å². The first-order valence-corrected chi connectivity index (χ1v) is 9.73. The van der Waals surface area contributed by atoms with Gasteiger partial charge in [0.1, 0.15) is 5.82 Å². The Morgan fingerprint density at radius 2 is 1.79 bits per heavy atom. The molecule has 1 saturated carbocycles. The van der Waals surface area contributed by atoms with E-state index in [1.807, 2.05) is 0 Å². The molecule has 2 saturated heterocycles. The minimum Gasteiger partial charge on any atom is -0.450 e. The Hall–Kier alpha value is -2.78. The molecule has 3 aliphatic rings. The van der Waals surface area contributed by atoms with E-state index in [1.165, 1.54) is 25.7 Å². The molecule has 3 heterocycles. The number of fused-ring (bicyclic) bond motifs is 4. The van der Waals surface area contributed by atoms with Crippen LogP contribution >= 0.6 is 0 Å². The first kappa shape index (κ1) is 20.0. The van der Waals surface area contributed by atoms with E-state index in [2.05, 4.69) is 20.2 Å². The summed E-state index contributed by atoms with van der Waals surface area (Å²) in [6, 6.07) is 1.56. The van der Waals surface area contributed by atoms with Crippen molar-refractivity contribution < 1.29 is 24.3 Å². The highest BCUT2D eigenvalue weighted by atomic mass is 16.6. The highest BCUT2D eigenvalue weighted by Crippen LogP contribution is 2.35. The van der Waals surface area contributed by atoms with Gasteiger partial charge in [-0.05, 0) is 51.4 Å². The summed E-state index contributed by atoms with van der Waals surface area (Å²) in [4.78, 5) is 33.8. The van der Waals surface area contributed by atoms with Crippen LogP contribution in [0.15, 0.2) is 11.1 Å². The average molecular weight is 393 g/mol. The van der Waals surface area contributed by atoms with Crippen molar-refractivity contribution in [1.29, 1.82) is 0 Å². The first-order valence-electron chi connectivity index (χ1n) is 9.73. The maximum absolute atomic E-state index is 11.8. The third-order valence-corrected chi connectivity index (χ3v) is 5.11. The number of hydrogen-bond donors (Lipinski definition) is 2. The van der Waals surface area contributed by atoms with E-state index in [9.17, 15) is 14.8 Å². The molecule has 0 spiro atoms. The summed E-state index contributed by atoms with van der Waals surface area (Å²) in [6.45, 7) is 5.36. The second-order valence-corrected chi connectivity index (χ2v) is 7.06. The molecule has 28 heavy (non-hydrogen) atoms. The van der Waals surface area contributed by atoms with E-state index in [-0.39, 0.29) is 24.6 Å². The van der Waals surface area contributed by atoms with Gasteiger partial charge in [-0.3, -0.25) is 5.32 Å². The molecule has 3 fully saturated rings. The Morgan fingerprint density at radius 3 is 2.36 bits per heavy atom. The van der Waals surface area contributed by atoms with Gasteiger partial charge in [-0.25, -0.2) is 9.59 Å². The van der Waals surface area contributed by atoms with E-state index in [1.54, 1.807) is 19.9 Å². The molecule has 2 bridgehead atoms. The van der Waals surface area contributed by atoms with Gasteiger partial charge in [-0.1, -0.05) is 0 Å². The van der Waals surface area contributed by atoms with E-state index in [4.69, 9.17) is 9.47 Å². The standard InChI is InChI=1S/C18H27N5O5/c1-3-27-17(24)20-15-9-14(19-16(23(15)26)21-18(25)28-4-2)22-10-12-5-6-13(11-22)8-7-12/h9,12-13,26H,3-8,10-11H2,1-2H3,(H,20,24). The molecule has 10 heteroatoms. The Bertz CT molecular complexity index is 771. The molecule has 2 amide bonds. The van der Waals surface area contributed by atoms with Crippen LogP contribution in [0.25, 0.3) is 0 Å². The molecule has 1 aromatic rings. The van der Waals surface area contributed by atoms with Crippen molar-refractivity contribution in [3.8, 4) is 0 Å². The average Bonchev–Trinajstić information content (AvgIpc) is 2.99. The van der Waals surface area contributed by atoms with Gasteiger partial charge < -0.3 is 19.6 Å². The number of ether oxygens (including phenoxy) is 2. The molecule has 2 aliphatic heterocycles. The Labute approximate surface area is 163 Å². The Kier molecular flexibility index (Phi) is 6.37. The lowest BCUT2D eigenvalue weighted by molar-refractivity contribution is 0.151. The van der Waals surface area contributed by atoms with E-state index in [0.29, 0.717) is 22.4 Å². The maximum Gasteiger partial charge on any atom is 0.437 e. The highest BCUT2D eigenvalue weighted by molar-refractivity contribution is 5.83. The van der Waals surface area contributed by atoms with Crippen LogP contribution in [0.4, 0.5) is 21.2 Å². The Balaban J connectivity index is 1.98. The monoisotopic (exact) mass is 393 g/mol. The summed E-state index contributed by atoms with van der Waals surface area (Å²) >= 11 is 0. The van der Waals surface area contributed by atoms with Crippen LogP contribution in [0.3, 0.4) is 0 Å². The minimum absolute atomic E-state index is 0.0168. The zero-order valence-electron chi connectivity index (χ0n) is 16.3.